The third kappa shape index (κ3) is 3.28. The number of benzene rings is 1. The first kappa shape index (κ1) is 13.9. The summed E-state index contributed by atoms with van der Waals surface area (Å²) in [5.41, 5.74) is 2.00. The minimum atomic E-state index is 0.0540. The Morgan fingerprint density at radius 2 is 2.00 bits per heavy atom. The molecule has 20 heavy (non-hydrogen) atoms. The lowest BCUT2D eigenvalue weighted by molar-refractivity contribution is -0.127. The number of imidazole rings is 1. The molecule has 0 aliphatic carbocycles. The smallest absolute Gasteiger partial charge is 0.226 e. The Kier molecular flexibility index (Phi) is 4.24. The van der Waals surface area contributed by atoms with Gasteiger partial charge in [0, 0.05) is 20.6 Å². The summed E-state index contributed by atoms with van der Waals surface area (Å²) in [6.45, 7) is 0.555. The van der Waals surface area contributed by atoms with E-state index in [-0.39, 0.29) is 11.7 Å². The van der Waals surface area contributed by atoms with Gasteiger partial charge in [0.25, 0.3) is 0 Å². The van der Waals surface area contributed by atoms with E-state index in [1.807, 2.05) is 24.3 Å². The van der Waals surface area contributed by atoms with E-state index in [2.05, 4.69) is 10.2 Å². The maximum atomic E-state index is 11.8. The molecule has 0 aliphatic rings. The fourth-order valence-electron chi connectivity index (χ4n) is 1.88. The molecule has 6 heteroatoms. The van der Waals surface area contributed by atoms with Crippen molar-refractivity contribution in [3.05, 3.63) is 52.8 Å². The molecule has 1 heterocycles. The van der Waals surface area contributed by atoms with Gasteiger partial charge in [-0.15, -0.1) is 4.91 Å². The number of amides is 1. The lowest BCUT2D eigenvalue weighted by atomic mass is 10.0. The molecular weight excluding hydrogens is 256 g/mol. The van der Waals surface area contributed by atoms with Crippen molar-refractivity contribution in [1.29, 1.82) is 0 Å². The standard InChI is InChI=1S/C14H16N4O2/c1-17(2)14(19)7-11-5-3-4-6-12(11)8-18-9-13(16-20)15-10-18/h3-6,9-10H,7-8H2,1-2H3. The average Bonchev–Trinajstić information content (AvgIpc) is 2.88. The number of hydrogen-bond donors (Lipinski definition) is 0. The van der Waals surface area contributed by atoms with Gasteiger partial charge in [-0.25, -0.2) is 4.98 Å². The largest absolute Gasteiger partial charge is 0.349 e. The van der Waals surface area contributed by atoms with Gasteiger partial charge in [-0.1, -0.05) is 24.3 Å². The molecule has 1 amide bonds. The maximum Gasteiger partial charge on any atom is 0.226 e. The van der Waals surface area contributed by atoms with Crippen LogP contribution in [0.4, 0.5) is 5.82 Å². The van der Waals surface area contributed by atoms with Crippen LogP contribution in [0.2, 0.25) is 0 Å². The number of hydrogen-bond acceptors (Lipinski definition) is 4. The van der Waals surface area contributed by atoms with Crippen molar-refractivity contribution in [3.63, 3.8) is 0 Å². The zero-order chi connectivity index (χ0) is 14.5. The van der Waals surface area contributed by atoms with E-state index in [9.17, 15) is 9.70 Å². The lowest BCUT2D eigenvalue weighted by Gasteiger charge is -2.13. The minimum absolute atomic E-state index is 0.0540. The maximum absolute atomic E-state index is 11.8. The van der Waals surface area contributed by atoms with E-state index >= 15 is 0 Å². The van der Waals surface area contributed by atoms with Crippen LogP contribution in [-0.4, -0.2) is 34.5 Å². The fraction of sp³-hybridized carbons (Fsp3) is 0.286. The molecule has 0 aliphatic heterocycles. The molecule has 2 aromatic rings. The van der Waals surface area contributed by atoms with Crippen LogP contribution in [0.15, 0.2) is 42.0 Å². The third-order valence-electron chi connectivity index (χ3n) is 3.02. The zero-order valence-electron chi connectivity index (χ0n) is 11.5. The normalized spacial score (nSPS) is 10.3. The number of nitrogens with zero attached hydrogens (tertiary/aromatic N) is 4. The molecule has 0 spiro atoms. The molecule has 104 valence electrons. The van der Waals surface area contributed by atoms with Crippen LogP contribution in [0.5, 0.6) is 0 Å². The second kappa shape index (κ2) is 6.10. The van der Waals surface area contributed by atoms with Gasteiger partial charge in [-0.2, -0.15) is 0 Å². The summed E-state index contributed by atoms with van der Waals surface area (Å²) in [6, 6.07) is 7.74. The number of carbonyl (C=O) groups excluding carboxylic acids is 1. The summed E-state index contributed by atoms with van der Waals surface area (Å²) in [4.78, 5) is 27.6. The van der Waals surface area contributed by atoms with Gasteiger partial charge in [0.2, 0.25) is 11.7 Å². The van der Waals surface area contributed by atoms with Crippen LogP contribution in [0.3, 0.4) is 0 Å². The Morgan fingerprint density at radius 3 is 2.60 bits per heavy atom. The van der Waals surface area contributed by atoms with Gasteiger partial charge in [0.05, 0.1) is 18.9 Å². The monoisotopic (exact) mass is 272 g/mol. The molecular formula is C14H16N4O2. The number of rotatable bonds is 5. The molecule has 0 atom stereocenters. The summed E-state index contributed by atoms with van der Waals surface area (Å²) < 4.78 is 1.77. The minimum Gasteiger partial charge on any atom is -0.349 e. The fourth-order valence-corrected chi connectivity index (χ4v) is 1.88. The summed E-state index contributed by atoms with van der Waals surface area (Å²) in [6.07, 6.45) is 3.50. The average molecular weight is 272 g/mol. The van der Waals surface area contributed by atoms with E-state index in [1.54, 1.807) is 36.1 Å². The van der Waals surface area contributed by atoms with Gasteiger partial charge in [-0.05, 0) is 16.3 Å². The lowest BCUT2D eigenvalue weighted by Crippen LogP contribution is -2.24. The van der Waals surface area contributed by atoms with E-state index in [0.29, 0.717) is 13.0 Å². The van der Waals surface area contributed by atoms with Crippen molar-refractivity contribution in [2.75, 3.05) is 14.1 Å². The van der Waals surface area contributed by atoms with Crippen LogP contribution < -0.4 is 0 Å². The Labute approximate surface area is 117 Å². The van der Waals surface area contributed by atoms with E-state index in [1.165, 1.54) is 0 Å². The molecule has 0 bridgehead atoms. The zero-order valence-corrected chi connectivity index (χ0v) is 11.5. The molecule has 1 aromatic heterocycles. The van der Waals surface area contributed by atoms with Crippen molar-refractivity contribution in [3.8, 4) is 0 Å². The van der Waals surface area contributed by atoms with Crippen molar-refractivity contribution < 1.29 is 4.79 Å². The molecule has 0 N–H and O–H groups in total. The first-order valence-electron chi connectivity index (χ1n) is 6.22. The molecule has 1 aromatic carbocycles. The predicted octanol–water partition coefficient (Wildman–Crippen LogP) is 1.96. The highest BCUT2D eigenvalue weighted by Gasteiger charge is 2.10. The van der Waals surface area contributed by atoms with Gasteiger partial charge in [0.15, 0.2) is 0 Å². The van der Waals surface area contributed by atoms with Crippen molar-refractivity contribution in [2.24, 2.45) is 5.18 Å². The highest BCUT2D eigenvalue weighted by atomic mass is 16.3. The molecule has 6 nitrogen and oxygen atoms in total. The van der Waals surface area contributed by atoms with Crippen molar-refractivity contribution in [2.45, 2.75) is 13.0 Å². The van der Waals surface area contributed by atoms with Crippen LogP contribution in [0.25, 0.3) is 0 Å². The molecule has 0 saturated carbocycles. The number of carbonyl (C=O) groups is 1. The Balaban J connectivity index is 2.19. The second-order valence-corrected chi connectivity index (χ2v) is 4.73. The third-order valence-corrected chi connectivity index (χ3v) is 3.02. The van der Waals surface area contributed by atoms with Gasteiger partial charge in [0.1, 0.15) is 0 Å². The molecule has 0 unspecified atom stereocenters. The summed E-state index contributed by atoms with van der Waals surface area (Å²) in [5, 5.41) is 2.78. The van der Waals surface area contributed by atoms with Crippen molar-refractivity contribution >= 4 is 11.7 Å². The van der Waals surface area contributed by atoms with E-state index in [4.69, 9.17) is 0 Å². The molecule has 0 radical (unpaired) electrons. The van der Waals surface area contributed by atoms with Crippen LogP contribution in [0, 0.1) is 4.91 Å². The highest BCUT2D eigenvalue weighted by Crippen LogP contribution is 2.14. The van der Waals surface area contributed by atoms with Gasteiger partial charge >= 0.3 is 0 Å². The first-order chi connectivity index (χ1) is 9.60. The summed E-state index contributed by atoms with van der Waals surface area (Å²) in [7, 11) is 3.48. The first-order valence-corrected chi connectivity index (χ1v) is 6.22. The molecule has 0 fully saturated rings. The van der Waals surface area contributed by atoms with Gasteiger partial charge in [-0.3, -0.25) is 4.79 Å². The topological polar surface area (TPSA) is 67.6 Å². The molecule has 2 rings (SSSR count). The Morgan fingerprint density at radius 1 is 1.30 bits per heavy atom. The molecule has 0 saturated heterocycles. The number of nitroso groups, excluding NO2 is 1. The van der Waals surface area contributed by atoms with Crippen LogP contribution in [0.1, 0.15) is 11.1 Å². The summed E-state index contributed by atoms with van der Waals surface area (Å²) >= 11 is 0. The second-order valence-electron chi connectivity index (χ2n) is 4.73. The number of aromatic nitrogens is 2. The van der Waals surface area contributed by atoms with Crippen molar-refractivity contribution in [1.82, 2.24) is 14.5 Å². The van der Waals surface area contributed by atoms with E-state index in [0.717, 1.165) is 11.1 Å². The van der Waals surface area contributed by atoms with Gasteiger partial charge < -0.3 is 9.47 Å². The van der Waals surface area contributed by atoms with Crippen LogP contribution in [-0.2, 0) is 17.8 Å². The quantitative estimate of drug-likeness (QED) is 0.781. The number of likely N-dealkylation sites (N-methyl/N-ethyl adjacent to an activating group) is 1. The Bertz CT molecular complexity index is 619. The Hall–Kier alpha value is -2.50. The summed E-state index contributed by atoms with van der Waals surface area (Å²) in [5.74, 6) is 0.213. The predicted molar refractivity (Wildman–Crippen MR) is 75.6 cm³/mol. The van der Waals surface area contributed by atoms with E-state index < -0.39 is 0 Å². The SMILES string of the molecule is CN(C)C(=O)Cc1ccccc1Cn1cnc(N=O)c1. The van der Waals surface area contributed by atoms with Crippen LogP contribution >= 0.6 is 0 Å². The highest BCUT2D eigenvalue weighted by molar-refractivity contribution is 5.78.